The Hall–Kier alpha value is -3.47. The number of alkyl halides is 3. The number of halogens is 3. The molecule has 2 aromatic rings. The number of hydrogen-bond acceptors (Lipinski definition) is 4. The Morgan fingerprint density at radius 2 is 2.00 bits per heavy atom. The lowest BCUT2D eigenvalue weighted by Gasteiger charge is -2.14. The number of rotatable bonds is 5. The molecule has 1 N–H and O–H groups in total. The standard InChI is InChI=1S/C18H13F3N2O3.C3H6/c19-18(20,21)26-13-3-1-11(2-4-13)15-7-12(9-23-10-24)16(8-22)14-5-6-25-17(14)15;1-3-2/h1-4,7,10H,5-6,9H2,(H,23,24);3H,1H2,2H3. The topological polar surface area (TPSA) is 71.4 Å². The van der Waals surface area contributed by atoms with Gasteiger partial charge in [-0.15, -0.1) is 19.8 Å². The molecule has 0 saturated heterocycles. The van der Waals surface area contributed by atoms with Crippen molar-refractivity contribution in [3.8, 4) is 28.7 Å². The van der Waals surface area contributed by atoms with Gasteiger partial charge in [-0.05, 0) is 36.2 Å². The molecule has 0 bridgehead atoms. The van der Waals surface area contributed by atoms with Crippen molar-refractivity contribution >= 4 is 6.41 Å². The Kier molecular flexibility index (Phi) is 7.26. The third-order valence-electron chi connectivity index (χ3n) is 3.95. The summed E-state index contributed by atoms with van der Waals surface area (Å²) in [7, 11) is 0. The molecular formula is C21H19F3N2O3. The summed E-state index contributed by atoms with van der Waals surface area (Å²) in [5.41, 5.74) is 3.08. The number of benzene rings is 2. The Labute approximate surface area is 166 Å². The maximum Gasteiger partial charge on any atom is 0.573 e. The number of carbonyl (C=O) groups is 1. The fourth-order valence-corrected chi connectivity index (χ4v) is 2.92. The van der Waals surface area contributed by atoms with Gasteiger partial charge in [-0.25, -0.2) is 0 Å². The van der Waals surface area contributed by atoms with E-state index in [0.29, 0.717) is 47.4 Å². The second kappa shape index (κ2) is 9.64. The zero-order valence-corrected chi connectivity index (χ0v) is 15.7. The van der Waals surface area contributed by atoms with Crippen LogP contribution in [0.3, 0.4) is 0 Å². The summed E-state index contributed by atoms with van der Waals surface area (Å²) >= 11 is 0. The molecule has 29 heavy (non-hydrogen) atoms. The third-order valence-corrected chi connectivity index (χ3v) is 3.95. The van der Waals surface area contributed by atoms with E-state index >= 15 is 0 Å². The molecule has 2 aromatic carbocycles. The third kappa shape index (κ3) is 5.51. The monoisotopic (exact) mass is 404 g/mol. The van der Waals surface area contributed by atoms with Crippen LogP contribution in [0.25, 0.3) is 11.1 Å². The molecule has 1 aliphatic heterocycles. The zero-order valence-electron chi connectivity index (χ0n) is 15.7. The Morgan fingerprint density at radius 3 is 2.55 bits per heavy atom. The molecule has 1 aliphatic rings. The largest absolute Gasteiger partial charge is 0.573 e. The summed E-state index contributed by atoms with van der Waals surface area (Å²) in [5, 5.41) is 12.0. The van der Waals surface area contributed by atoms with Crippen LogP contribution < -0.4 is 14.8 Å². The van der Waals surface area contributed by atoms with Crippen LogP contribution in [0, 0.1) is 11.3 Å². The van der Waals surface area contributed by atoms with Gasteiger partial charge in [0.2, 0.25) is 6.41 Å². The number of nitriles is 1. The summed E-state index contributed by atoms with van der Waals surface area (Å²) < 4.78 is 46.4. The minimum absolute atomic E-state index is 0.169. The van der Waals surface area contributed by atoms with Gasteiger partial charge in [0.25, 0.3) is 0 Å². The van der Waals surface area contributed by atoms with E-state index in [1.165, 1.54) is 24.3 Å². The molecule has 1 amide bonds. The molecule has 1 heterocycles. The molecule has 0 aromatic heterocycles. The first-order valence-corrected chi connectivity index (χ1v) is 8.66. The van der Waals surface area contributed by atoms with Crippen molar-refractivity contribution in [2.75, 3.05) is 6.61 Å². The van der Waals surface area contributed by atoms with Gasteiger partial charge in [0, 0.05) is 24.1 Å². The highest BCUT2D eigenvalue weighted by atomic mass is 19.4. The molecule has 8 heteroatoms. The molecule has 0 saturated carbocycles. The van der Waals surface area contributed by atoms with Crippen molar-refractivity contribution in [3.63, 3.8) is 0 Å². The first-order valence-electron chi connectivity index (χ1n) is 8.66. The molecule has 5 nitrogen and oxygen atoms in total. The summed E-state index contributed by atoms with van der Waals surface area (Å²) in [6.45, 7) is 5.83. The van der Waals surface area contributed by atoms with Crippen LogP contribution in [0.5, 0.6) is 11.5 Å². The second-order valence-corrected chi connectivity index (χ2v) is 5.96. The predicted octanol–water partition coefficient (Wildman–Crippen LogP) is 4.50. The lowest BCUT2D eigenvalue weighted by atomic mass is 9.93. The normalized spacial score (nSPS) is 11.8. The van der Waals surface area contributed by atoms with E-state index < -0.39 is 6.36 Å². The van der Waals surface area contributed by atoms with Crippen molar-refractivity contribution < 1.29 is 27.4 Å². The average molecular weight is 404 g/mol. The van der Waals surface area contributed by atoms with Gasteiger partial charge >= 0.3 is 6.36 Å². The highest BCUT2D eigenvalue weighted by molar-refractivity contribution is 5.77. The Balaban J connectivity index is 0.000000941. The lowest BCUT2D eigenvalue weighted by molar-refractivity contribution is -0.274. The molecular weight excluding hydrogens is 385 g/mol. The number of nitrogens with one attached hydrogen (secondary N) is 1. The number of amides is 1. The minimum Gasteiger partial charge on any atom is -0.492 e. The van der Waals surface area contributed by atoms with Gasteiger partial charge in [0.15, 0.2) is 0 Å². The zero-order chi connectivity index (χ0) is 21.4. The fourth-order valence-electron chi connectivity index (χ4n) is 2.92. The summed E-state index contributed by atoms with van der Waals surface area (Å²) in [4.78, 5) is 10.6. The number of carbonyl (C=O) groups excluding carboxylic acids is 1. The van der Waals surface area contributed by atoms with E-state index in [-0.39, 0.29) is 12.3 Å². The van der Waals surface area contributed by atoms with Gasteiger partial charge in [-0.2, -0.15) is 5.26 Å². The summed E-state index contributed by atoms with van der Waals surface area (Å²) in [6, 6.07) is 9.25. The van der Waals surface area contributed by atoms with Crippen LogP contribution in [-0.4, -0.2) is 19.4 Å². The van der Waals surface area contributed by atoms with Crippen molar-refractivity contribution in [3.05, 3.63) is 59.7 Å². The van der Waals surface area contributed by atoms with E-state index in [1.807, 2.05) is 6.92 Å². The summed E-state index contributed by atoms with van der Waals surface area (Å²) in [5.74, 6) is 0.219. The number of fused-ring (bicyclic) bond motifs is 1. The molecule has 0 radical (unpaired) electrons. The van der Waals surface area contributed by atoms with E-state index in [0.717, 1.165) is 5.56 Å². The van der Waals surface area contributed by atoms with Crippen LogP contribution in [-0.2, 0) is 17.8 Å². The van der Waals surface area contributed by atoms with Crippen LogP contribution in [0.15, 0.2) is 43.0 Å². The summed E-state index contributed by atoms with van der Waals surface area (Å²) in [6.07, 6.45) is -1.92. The minimum atomic E-state index is -4.76. The van der Waals surface area contributed by atoms with Crippen molar-refractivity contribution in [2.24, 2.45) is 0 Å². The second-order valence-electron chi connectivity index (χ2n) is 5.96. The maximum atomic E-state index is 12.3. The van der Waals surface area contributed by atoms with Gasteiger partial charge < -0.3 is 14.8 Å². The van der Waals surface area contributed by atoms with Crippen molar-refractivity contribution in [2.45, 2.75) is 26.3 Å². The van der Waals surface area contributed by atoms with Gasteiger partial charge in [0.05, 0.1) is 18.2 Å². The highest BCUT2D eigenvalue weighted by Gasteiger charge is 2.31. The van der Waals surface area contributed by atoms with E-state index in [9.17, 15) is 23.2 Å². The molecule has 3 rings (SSSR count). The molecule has 0 fully saturated rings. The van der Waals surface area contributed by atoms with Crippen LogP contribution >= 0.6 is 0 Å². The maximum absolute atomic E-state index is 12.3. The Morgan fingerprint density at radius 1 is 1.34 bits per heavy atom. The van der Waals surface area contributed by atoms with Gasteiger partial charge in [0.1, 0.15) is 11.5 Å². The SMILES string of the molecule is C=CC.N#Cc1c(CNC=O)cc(-c2ccc(OC(F)(F)F)cc2)c2c1CCO2. The molecule has 0 spiro atoms. The molecule has 0 aliphatic carbocycles. The molecule has 0 atom stereocenters. The first kappa shape index (κ1) is 21.8. The van der Waals surface area contributed by atoms with E-state index in [1.54, 1.807) is 12.1 Å². The molecule has 0 unspecified atom stereocenters. The van der Waals surface area contributed by atoms with E-state index in [2.05, 4.69) is 22.7 Å². The molecule has 152 valence electrons. The van der Waals surface area contributed by atoms with Crippen molar-refractivity contribution in [1.82, 2.24) is 5.32 Å². The average Bonchev–Trinajstić information content (AvgIpc) is 3.15. The lowest BCUT2D eigenvalue weighted by Crippen LogP contribution is -2.16. The quantitative estimate of drug-likeness (QED) is 0.589. The van der Waals surface area contributed by atoms with Crippen molar-refractivity contribution in [1.29, 1.82) is 5.26 Å². The van der Waals surface area contributed by atoms with Gasteiger partial charge in [-0.1, -0.05) is 18.2 Å². The van der Waals surface area contributed by atoms with Gasteiger partial charge in [-0.3, -0.25) is 4.79 Å². The number of nitrogens with zero attached hydrogens (tertiary/aromatic N) is 1. The number of hydrogen-bond donors (Lipinski definition) is 1. The fraction of sp³-hybridized carbons (Fsp3) is 0.238. The smallest absolute Gasteiger partial charge is 0.492 e. The van der Waals surface area contributed by atoms with Crippen LogP contribution in [0.4, 0.5) is 13.2 Å². The van der Waals surface area contributed by atoms with E-state index in [4.69, 9.17) is 4.74 Å². The van der Waals surface area contributed by atoms with Crippen LogP contribution in [0.2, 0.25) is 0 Å². The highest BCUT2D eigenvalue weighted by Crippen LogP contribution is 2.41. The number of allylic oxidation sites excluding steroid dienone is 1. The predicted molar refractivity (Wildman–Crippen MR) is 101 cm³/mol. The Bertz CT molecular complexity index is 917. The first-order chi connectivity index (χ1) is 13.8. The van der Waals surface area contributed by atoms with Crippen LogP contribution in [0.1, 0.15) is 23.6 Å². The number of ether oxygens (including phenoxy) is 2.